The van der Waals surface area contributed by atoms with Crippen LogP contribution in [0.25, 0.3) is 11.4 Å². The Morgan fingerprint density at radius 1 is 1.09 bits per heavy atom. The van der Waals surface area contributed by atoms with Crippen molar-refractivity contribution in [1.29, 1.82) is 0 Å². The number of anilines is 1. The lowest BCUT2D eigenvalue weighted by molar-refractivity contribution is -0.115. The Bertz CT molecular complexity index is 1330. The van der Waals surface area contributed by atoms with Crippen LogP contribution in [0.5, 0.6) is 0 Å². The molecule has 8 nitrogen and oxygen atoms in total. The minimum Gasteiger partial charge on any atom is -0.326 e. The summed E-state index contributed by atoms with van der Waals surface area (Å²) in [7, 11) is 0. The largest absolute Gasteiger partial charge is 0.326 e. The second-order valence-corrected chi connectivity index (χ2v) is 7.93. The molecule has 1 N–H and O–H groups in total. The van der Waals surface area contributed by atoms with E-state index in [0.29, 0.717) is 16.5 Å². The lowest BCUT2D eigenvalue weighted by Crippen LogP contribution is -2.16. The van der Waals surface area contributed by atoms with Gasteiger partial charge in [0.1, 0.15) is 11.5 Å². The second-order valence-electron chi connectivity index (χ2n) is 7.52. The predicted octanol–water partition coefficient (Wildman–Crippen LogP) is 4.06. The van der Waals surface area contributed by atoms with E-state index in [1.165, 1.54) is 22.9 Å². The summed E-state index contributed by atoms with van der Waals surface area (Å²) in [5, 5.41) is 19.1. The van der Waals surface area contributed by atoms with Crippen LogP contribution in [0.15, 0.2) is 36.4 Å². The molecule has 4 rings (SSSR count). The zero-order valence-corrected chi connectivity index (χ0v) is 18.8. The molecule has 0 fully saturated rings. The summed E-state index contributed by atoms with van der Waals surface area (Å²) in [4.78, 5) is 12.8. The number of rotatable bonds is 5. The molecule has 0 aliphatic rings. The van der Waals surface area contributed by atoms with E-state index in [1.54, 1.807) is 11.6 Å². The normalized spacial score (nSPS) is 11.1. The van der Waals surface area contributed by atoms with Gasteiger partial charge in [-0.25, -0.2) is 9.07 Å². The molecule has 0 bridgehead atoms. The van der Waals surface area contributed by atoms with E-state index in [2.05, 4.69) is 25.9 Å². The lowest BCUT2D eigenvalue weighted by Gasteiger charge is -2.10. The van der Waals surface area contributed by atoms with E-state index < -0.39 is 5.82 Å². The van der Waals surface area contributed by atoms with E-state index in [1.807, 2.05) is 39.0 Å². The fourth-order valence-corrected chi connectivity index (χ4v) is 3.64. The van der Waals surface area contributed by atoms with Crippen molar-refractivity contribution in [2.24, 2.45) is 0 Å². The number of benzene rings is 2. The highest BCUT2D eigenvalue weighted by Crippen LogP contribution is 2.24. The summed E-state index contributed by atoms with van der Waals surface area (Å²) in [6.45, 7) is 7.37. The SMILES string of the molecule is Cc1ccc(-n2nc(C)c(CC(=O)Nc3ccc(F)c(-n4nnnc4C)c3)c2C)cc1Cl. The lowest BCUT2D eigenvalue weighted by atomic mass is 10.1. The van der Waals surface area contributed by atoms with Crippen LogP contribution in [-0.2, 0) is 11.2 Å². The average molecular weight is 454 g/mol. The number of hydrogen-bond donors (Lipinski definition) is 1. The van der Waals surface area contributed by atoms with Crippen molar-refractivity contribution >= 4 is 23.2 Å². The van der Waals surface area contributed by atoms with Crippen LogP contribution in [0.4, 0.5) is 10.1 Å². The first-order chi connectivity index (χ1) is 15.2. The highest BCUT2D eigenvalue weighted by Gasteiger charge is 2.17. The minimum atomic E-state index is -0.497. The van der Waals surface area contributed by atoms with E-state index in [9.17, 15) is 9.18 Å². The van der Waals surface area contributed by atoms with Crippen molar-refractivity contribution < 1.29 is 9.18 Å². The molecule has 0 atom stereocenters. The molecule has 164 valence electrons. The van der Waals surface area contributed by atoms with Crippen LogP contribution in [-0.4, -0.2) is 35.9 Å². The predicted molar refractivity (Wildman–Crippen MR) is 119 cm³/mol. The molecule has 0 aliphatic heterocycles. The van der Waals surface area contributed by atoms with Gasteiger partial charge < -0.3 is 5.32 Å². The van der Waals surface area contributed by atoms with Gasteiger partial charge in [-0.15, -0.1) is 5.10 Å². The van der Waals surface area contributed by atoms with Gasteiger partial charge >= 0.3 is 0 Å². The molecule has 32 heavy (non-hydrogen) atoms. The first-order valence-corrected chi connectivity index (χ1v) is 10.3. The molecule has 0 radical (unpaired) electrons. The Morgan fingerprint density at radius 2 is 1.88 bits per heavy atom. The molecule has 10 heteroatoms. The summed E-state index contributed by atoms with van der Waals surface area (Å²) in [5.74, 6) is -0.311. The Morgan fingerprint density at radius 3 is 2.56 bits per heavy atom. The number of hydrogen-bond acceptors (Lipinski definition) is 5. The Kier molecular flexibility index (Phi) is 5.75. The number of amides is 1. The number of nitrogens with one attached hydrogen (secondary N) is 1. The smallest absolute Gasteiger partial charge is 0.228 e. The number of carbonyl (C=O) groups excluding carboxylic acids is 1. The van der Waals surface area contributed by atoms with Crippen molar-refractivity contribution in [3.63, 3.8) is 0 Å². The molecule has 1 amide bonds. The Balaban J connectivity index is 1.56. The number of tetrazole rings is 1. The molecule has 0 unspecified atom stereocenters. The maximum atomic E-state index is 14.3. The van der Waals surface area contributed by atoms with Gasteiger partial charge in [-0.1, -0.05) is 17.7 Å². The van der Waals surface area contributed by atoms with E-state index >= 15 is 0 Å². The molecule has 2 heterocycles. The third-order valence-electron chi connectivity index (χ3n) is 5.26. The minimum absolute atomic E-state index is 0.119. The second kappa shape index (κ2) is 8.51. The number of aromatic nitrogens is 6. The molecular formula is C22H21ClFN7O. The zero-order valence-electron chi connectivity index (χ0n) is 18.0. The monoisotopic (exact) mass is 453 g/mol. The maximum Gasteiger partial charge on any atom is 0.228 e. The van der Waals surface area contributed by atoms with Gasteiger partial charge in [0, 0.05) is 22.0 Å². The third kappa shape index (κ3) is 4.11. The fourth-order valence-electron chi connectivity index (χ4n) is 3.47. The molecule has 2 aromatic carbocycles. The summed E-state index contributed by atoms with van der Waals surface area (Å²) >= 11 is 6.26. The molecular weight excluding hydrogens is 433 g/mol. The molecule has 0 saturated heterocycles. The van der Waals surface area contributed by atoms with Crippen molar-refractivity contribution in [3.05, 3.63) is 75.6 Å². The van der Waals surface area contributed by atoms with Crippen LogP contribution in [0, 0.1) is 33.5 Å². The maximum absolute atomic E-state index is 14.3. The van der Waals surface area contributed by atoms with Crippen molar-refractivity contribution in [3.8, 4) is 11.4 Å². The topological polar surface area (TPSA) is 90.5 Å². The molecule has 0 spiro atoms. The van der Waals surface area contributed by atoms with Gasteiger partial charge in [0.2, 0.25) is 5.91 Å². The van der Waals surface area contributed by atoms with Crippen LogP contribution < -0.4 is 5.32 Å². The van der Waals surface area contributed by atoms with Crippen LogP contribution >= 0.6 is 11.6 Å². The molecule has 0 saturated carbocycles. The highest BCUT2D eigenvalue weighted by atomic mass is 35.5. The van der Waals surface area contributed by atoms with Crippen LogP contribution in [0.2, 0.25) is 5.02 Å². The van der Waals surface area contributed by atoms with E-state index in [-0.39, 0.29) is 18.0 Å². The summed E-state index contributed by atoms with van der Waals surface area (Å²) in [6.07, 6.45) is 0.119. The van der Waals surface area contributed by atoms with E-state index in [4.69, 9.17) is 11.6 Å². The van der Waals surface area contributed by atoms with Crippen molar-refractivity contribution in [2.75, 3.05) is 5.32 Å². The molecule has 0 aliphatic carbocycles. The Hall–Kier alpha value is -3.59. The first kappa shape index (κ1) is 21.6. The molecule has 4 aromatic rings. The number of aryl methyl sites for hydroxylation is 3. The average Bonchev–Trinajstić information content (AvgIpc) is 3.29. The fraction of sp³-hybridized carbons (Fsp3) is 0.227. The summed E-state index contributed by atoms with van der Waals surface area (Å²) < 4.78 is 17.3. The van der Waals surface area contributed by atoms with Gasteiger partial charge in [-0.05, 0) is 74.0 Å². The van der Waals surface area contributed by atoms with Gasteiger partial charge in [0.05, 0.1) is 17.8 Å². The summed E-state index contributed by atoms with van der Waals surface area (Å²) in [5.41, 5.74) is 4.81. The van der Waals surface area contributed by atoms with Crippen LogP contribution in [0.3, 0.4) is 0 Å². The zero-order chi connectivity index (χ0) is 23.0. The van der Waals surface area contributed by atoms with Crippen molar-refractivity contribution in [1.82, 2.24) is 30.0 Å². The highest BCUT2D eigenvalue weighted by molar-refractivity contribution is 6.31. The number of halogens is 2. The Labute approximate surface area is 189 Å². The first-order valence-electron chi connectivity index (χ1n) is 9.91. The van der Waals surface area contributed by atoms with Crippen LogP contribution in [0.1, 0.15) is 28.3 Å². The van der Waals surface area contributed by atoms with Gasteiger partial charge in [0.25, 0.3) is 0 Å². The summed E-state index contributed by atoms with van der Waals surface area (Å²) in [6, 6.07) is 9.97. The number of carbonyl (C=O) groups is 1. The number of nitrogens with zero attached hydrogens (tertiary/aromatic N) is 6. The standard InChI is InChI=1S/C22H21ClFN7O/c1-12-5-7-17(10-19(12)23)30-14(3)18(13(2)27-30)11-22(32)25-16-6-8-20(24)21(9-16)31-15(4)26-28-29-31/h5-10H,11H2,1-4H3,(H,25,32). The van der Waals surface area contributed by atoms with E-state index in [0.717, 1.165) is 28.2 Å². The van der Waals surface area contributed by atoms with Gasteiger partial charge in [0.15, 0.2) is 5.82 Å². The van der Waals surface area contributed by atoms with Crippen molar-refractivity contribution in [2.45, 2.75) is 34.1 Å². The third-order valence-corrected chi connectivity index (χ3v) is 5.67. The molecule has 2 aromatic heterocycles. The quantitative estimate of drug-likeness (QED) is 0.492. The van der Waals surface area contributed by atoms with Gasteiger partial charge in [-0.3, -0.25) is 4.79 Å². The van der Waals surface area contributed by atoms with Gasteiger partial charge in [-0.2, -0.15) is 9.78 Å².